The van der Waals surface area contributed by atoms with Crippen molar-refractivity contribution in [1.82, 2.24) is 0 Å². The third kappa shape index (κ3) is 27.3. The third-order valence-corrected chi connectivity index (χ3v) is 3.46. The number of hydrogen-bond acceptors (Lipinski definition) is 0. The van der Waals surface area contributed by atoms with Gasteiger partial charge in [0.1, 0.15) is 0 Å². The fourth-order valence-electron chi connectivity index (χ4n) is 2.27. The van der Waals surface area contributed by atoms with E-state index in [2.05, 4.69) is 27.7 Å². The average Bonchev–Trinajstić information content (AvgIpc) is 2.41. The molecule has 0 N–H and O–H groups in total. The van der Waals surface area contributed by atoms with E-state index in [4.69, 9.17) is 0 Å². The van der Waals surface area contributed by atoms with E-state index in [1.807, 2.05) is 0 Å². The molecule has 0 nitrogen and oxygen atoms in total. The van der Waals surface area contributed by atoms with E-state index in [1.54, 1.807) is 0 Å². The van der Waals surface area contributed by atoms with Gasteiger partial charge in [-0.2, -0.15) is 0 Å². The van der Waals surface area contributed by atoms with Crippen molar-refractivity contribution in [1.29, 1.82) is 0 Å². The van der Waals surface area contributed by atoms with Crippen LogP contribution in [0.15, 0.2) is 0 Å². The van der Waals surface area contributed by atoms with E-state index in [0.717, 1.165) is 0 Å². The van der Waals surface area contributed by atoms with Gasteiger partial charge in [0.15, 0.2) is 0 Å². The Labute approximate surface area is 124 Å². The summed E-state index contributed by atoms with van der Waals surface area (Å²) in [7, 11) is 0. The summed E-state index contributed by atoms with van der Waals surface area (Å²) in [5.41, 5.74) is 0. The first-order chi connectivity index (χ1) is 9.33. The summed E-state index contributed by atoms with van der Waals surface area (Å²) in [6.07, 6.45) is 21.7. The van der Waals surface area contributed by atoms with Crippen LogP contribution in [-0.2, 0) is 0 Å². The van der Waals surface area contributed by atoms with E-state index < -0.39 is 0 Å². The van der Waals surface area contributed by atoms with Gasteiger partial charge in [-0.25, -0.2) is 0 Å². The predicted molar refractivity (Wildman–Crippen MR) is 92.0 cm³/mol. The Kier molecular flexibility index (Phi) is 25.9. The second-order valence-electron chi connectivity index (χ2n) is 5.95. The van der Waals surface area contributed by atoms with Gasteiger partial charge >= 0.3 is 0 Å². The molecular formula is C19H42. The maximum Gasteiger partial charge on any atom is -0.0533 e. The number of rotatable bonds is 13. The molecule has 0 spiro atoms. The predicted octanol–water partition coefficient (Wildman–Crippen LogP) is 7.90. The second kappa shape index (κ2) is 23.1. The van der Waals surface area contributed by atoms with E-state index in [9.17, 15) is 0 Å². The highest BCUT2D eigenvalue weighted by Gasteiger charge is 1.92. The minimum atomic E-state index is 1.25. The average molecular weight is 271 g/mol. The quantitative estimate of drug-likeness (QED) is 0.298. The molecule has 0 amide bonds. The lowest BCUT2D eigenvalue weighted by Gasteiger charge is -2.02. The highest BCUT2D eigenvalue weighted by Crippen LogP contribution is 2.12. The molecule has 0 atom stereocenters. The van der Waals surface area contributed by atoms with Crippen molar-refractivity contribution in [3.8, 4) is 0 Å². The van der Waals surface area contributed by atoms with Gasteiger partial charge in [-0.3, -0.25) is 0 Å². The van der Waals surface area contributed by atoms with Crippen LogP contribution in [0.3, 0.4) is 0 Å². The molecule has 0 heterocycles. The van der Waals surface area contributed by atoms with Gasteiger partial charge in [-0.1, -0.05) is 124 Å². The van der Waals surface area contributed by atoms with Crippen LogP contribution in [-0.4, -0.2) is 0 Å². The van der Waals surface area contributed by atoms with E-state index in [1.165, 1.54) is 96.3 Å². The van der Waals surface area contributed by atoms with E-state index in [0.29, 0.717) is 0 Å². The molecule has 0 aromatic rings. The second-order valence-corrected chi connectivity index (χ2v) is 5.95. The minimum Gasteiger partial charge on any atom is -0.0656 e. The fourth-order valence-corrected chi connectivity index (χ4v) is 2.27. The van der Waals surface area contributed by atoms with Crippen molar-refractivity contribution >= 4 is 0 Å². The monoisotopic (exact) mass is 270 g/mol. The number of unbranched alkanes of at least 4 members (excludes halogenated alkanes) is 13. The standard InChI is InChI=1S/C16H34.C3H8/c1-3-5-7-9-11-13-15-16-14-12-10-8-6-4-2;1-3-2/h3-16H2,1-2H3;3H2,1-2H3. The maximum atomic E-state index is 2.29. The van der Waals surface area contributed by atoms with Crippen LogP contribution in [0.5, 0.6) is 0 Å². The molecule has 0 fully saturated rings. The van der Waals surface area contributed by atoms with E-state index >= 15 is 0 Å². The van der Waals surface area contributed by atoms with E-state index in [-0.39, 0.29) is 0 Å². The first-order valence-electron chi connectivity index (χ1n) is 9.33. The molecule has 0 aromatic heterocycles. The van der Waals surface area contributed by atoms with Crippen LogP contribution in [0.2, 0.25) is 0 Å². The van der Waals surface area contributed by atoms with Crippen LogP contribution in [0, 0.1) is 0 Å². The highest BCUT2D eigenvalue weighted by atomic mass is 14.0. The normalized spacial score (nSPS) is 10.1. The summed E-state index contributed by atoms with van der Waals surface area (Å²) in [6.45, 7) is 8.83. The molecule has 0 aliphatic rings. The van der Waals surface area contributed by atoms with Gasteiger partial charge in [0.25, 0.3) is 0 Å². The Hall–Kier alpha value is 0. The number of hydrogen-bond donors (Lipinski definition) is 0. The Balaban J connectivity index is 0. The zero-order chi connectivity index (χ0) is 14.6. The largest absolute Gasteiger partial charge is 0.0656 e. The van der Waals surface area contributed by atoms with Gasteiger partial charge in [-0.05, 0) is 0 Å². The summed E-state index contributed by atoms with van der Waals surface area (Å²) in [6, 6.07) is 0. The SMILES string of the molecule is CCC.CCCCCCCCCCCCCCCC. The Bertz CT molecular complexity index is 103. The first kappa shape index (κ1) is 21.3. The lowest BCUT2D eigenvalue weighted by Crippen LogP contribution is -1.82. The van der Waals surface area contributed by atoms with Gasteiger partial charge < -0.3 is 0 Å². The summed E-state index contributed by atoms with van der Waals surface area (Å²) >= 11 is 0. The molecule has 0 saturated carbocycles. The lowest BCUT2D eigenvalue weighted by atomic mass is 10.0. The first-order valence-corrected chi connectivity index (χ1v) is 9.33. The molecule has 0 aliphatic heterocycles. The fraction of sp³-hybridized carbons (Fsp3) is 1.00. The van der Waals surface area contributed by atoms with Crippen molar-refractivity contribution in [2.24, 2.45) is 0 Å². The van der Waals surface area contributed by atoms with Crippen molar-refractivity contribution in [2.45, 2.75) is 124 Å². The smallest absolute Gasteiger partial charge is 0.0533 e. The molecule has 0 radical (unpaired) electrons. The lowest BCUT2D eigenvalue weighted by molar-refractivity contribution is 0.538. The molecule has 118 valence electrons. The van der Waals surface area contributed by atoms with Gasteiger partial charge in [-0.15, -0.1) is 0 Å². The summed E-state index contributed by atoms with van der Waals surface area (Å²) in [5, 5.41) is 0. The zero-order valence-corrected chi connectivity index (χ0v) is 14.6. The minimum absolute atomic E-state index is 1.25. The Morgan fingerprint density at radius 1 is 0.316 bits per heavy atom. The van der Waals surface area contributed by atoms with Gasteiger partial charge in [0.2, 0.25) is 0 Å². The molecule has 0 heteroatoms. The molecule has 0 aromatic carbocycles. The van der Waals surface area contributed by atoms with Crippen molar-refractivity contribution in [2.75, 3.05) is 0 Å². The Morgan fingerprint density at radius 3 is 0.632 bits per heavy atom. The molecule has 0 bridgehead atoms. The highest BCUT2D eigenvalue weighted by molar-refractivity contribution is 4.48. The van der Waals surface area contributed by atoms with Crippen LogP contribution < -0.4 is 0 Å². The van der Waals surface area contributed by atoms with Crippen LogP contribution in [0.1, 0.15) is 124 Å². The van der Waals surface area contributed by atoms with Crippen LogP contribution >= 0.6 is 0 Å². The molecule has 0 aliphatic carbocycles. The molecule has 0 rings (SSSR count). The summed E-state index contributed by atoms with van der Waals surface area (Å²) in [5.74, 6) is 0. The van der Waals surface area contributed by atoms with Crippen molar-refractivity contribution in [3.05, 3.63) is 0 Å². The van der Waals surface area contributed by atoms with Crippen molar-refractivity contribution < 1.29 is 0 Å². The molecule has 0 unspecified atom stereocenters. The van der Waals surface area contributed by atoms with Gasteiger partial charge in [0.05, 0.1) is 0 Å². The van der Waals surface area contributed by atoms with Crippen LogP contribution in [0.4, 0.5) is 0 Å². The Morgan fingerprint density at radius 2 is 0.474 bits per heavy atom. The van der Waals surface area contributed by atoms with Crippen molar-refractivity contribution in [3.63, 3.8) is 0 Å². The van der Waals surface area contributed by atoms with Gasteiger partial charge in [0, 0.05) is 0 Å². The zero-order valence-electron chi connectivity index (χ0n) is 14.6. The molecule has 19 heavy (non-hydrogen) atoms. The molecule has 0 saturated heterocycles. The maximum absolute atomic E-state index is 2.29. The molecular weight excluding hydrogens is 228 g/mol. The summed E-state index contributed by atoms with van der Waals surface area (Å²) < 4.78 is 0. The topological polar surface area (TPSA) is 0 Å². The van der Waals surface area contributed by atoms with Crippen LogP contribution in [0.25, 0.3) is 0 Å². The third-order valence-electron chi connectivity index (χ3n) is 3.46. The summed E-state index contributed by atoms with van der Waals surface area (Å²) in [4.78, 5) is 0.